The molecule has 0 bridgehead atoms. The van der Waals surface area contributed by atoms with Crippen molar-refractivity contribution in [3.8, 4) is 5.75 Å². The van der Waals surface area contributed by atoms with Crippen LogP contribution in [0.5, 0.6) is 5.75 Å². The van der Waals surface area contributed by atoms with E-state index in [1.807, 2.05) is 0 Å². The van der Waals surface area contributed by atoms with Crippen molar-refractivity contribution in [2.45, 2.75) is 38.9 Å². The third kappa shape index (κ3) is 3.09. The summed E-state index contributed by atoms with van der Waals surface area (Å²) >= 11 is 6.06. The number of aromatic nitrogens is 2. The maximum absolute atomic E-state index is 6.06. The van der Waals surface area contributed by atoms with E-state index >= 15 is 0 Å². The van der Waals surface area contributed by atoms with Crippen LogP contribution in [0.1, 0.15) is 27.7 Å². The minimum absolute atomic E-state index is 0.260. The molecule has 0 saturated carbocycles. The Morgan fingerprint density at radius 1 is 1.21 bits per heavy atom. The van der Waals surface area contributed by atoms with Crippen LogP contribution in [0.25, 0.3) is 0 Å². The van der Waals surface area contributed by atoms with E-state index in [4.69, 9.17) is 21.1 Å². The molecule has 1 aliphatic rings. The number of ether oxygens (including phenoxy) is 2. The molecule has 2 heterocycles. The average Bonchev–Trinajstić information content (AvgIpc) is 2.24. The van der Waals surface area contributed by atoms with Crippen LogP contribution in [-0.2, 0) is 4.74 Å². The summed E-state index contributed by atoms with van der Waals surface area (Å²) < 4.78 is 11.4. The molecule has 106 valence electrons. The first-order valence-corrected chi connectivity index (χ1v) is 6.61. The first-order valence-electron chi connectivity index (χ1n) is 6.24. The number of methoxy groups -OCH3 is 1. The standard InChI is InChI=1S/C13H20ClN3O2/c1-12(2)6-17(7-13(3,4)19-12)11-9(18-5)10(14)15-8-16-11/h8H,6-7H2,1-5H3. The molecule has 0 aromatic carbocycles. The Labute approximate surface area is 118 Å². The second kappa shape index (κ2) is 4.80. The molecule has 1 aromatic heterocycles. The van der Waals surface area contributed by atoms with Gasteiger partial charge in [-0.1, -0.05) is 11.6 Å². The third-order valence-corrected chi connectivity index (χ3v) is 3.21. The van der Waals surface area contributed by atoms with Crippen LogP contribution in [0.2, 0.25) is 5.15 Å². The fraction of sp³-hybridized carbons (Fsp3) is 0.692. The summed E-state index contributed by atoms with van der Waals surface area (Å²) in [7, 11) is 1.57. The fourth-order valence-corrected chi connectivity index (χ4v) is 2.89. The molecule has 0 amide bonds. The van der Waals surface area contributed by atoms with Gasteiger partial charge in [0, 0.05) is 13.1 Å². The van der Waals surface area contributed by atoms with E-state index in [1.54, 1.807) is 7.11 Å². The van der Waals surface area contributed by atoms with E-state index in [0.29, 0.717) is 16.7 Å². The van der Waals surface area contributed by atoms with Crippen LogP contribution in [0.4, 0.5) is 5.82 Å². The van der Waals surface area contributed by atoms with Gasteiger partial charge >= 0.3 is 0 Å². The Morgan fingerprint density at radius 3 is 2.32 bits per heavy atom. The number of anilines is 1. The summed E-state index contributed by atoms with van der Waals surface area (Å²) in [4.78, 5) is 10.4. The smallest absolute Gasteiger partial charge is 0.199 e. The van der Waals surface area contributed by atoms with E-state index in [2.05, 4.69) is 42.6 Å². The zero-order chi connectivity index (χ0) is 14.3. The number of halogens is 1. The number of hydrogen-bond acceptors (Lipinski definition) is 5. The summed E-state index contributed by atoms with van der Waals surface area (Å²) in [5.41, 5.74) is -0.519. The van der Waals surface area contributed by atoms with Gasteiger partial charge in [-0.2, -0.15) is 0 Å². The first kappa shape index (κ1) is 14.3. The molecule has 0 radical (unpaired) electrons. The molecule has 0 aliphatic carbocycles. The van der Waals surface area contributed by atoms with Crippen molar-refractivity contribution < 1.29 is 9.47 Å². The van der Waals surface area contributed by atoms with Crippen LogP contribution in [-0.4, -0.2) is 41.4 Å². The molecule has 19 heavy (non-hydrogen) atoms. The van der Waals surface area contributed by atoms with Gasteiger partial charge in [0.15, 0.2) is 16.7 Å². The summed E-state index contributed by atoms with van der Waals surface area (Å²) in [5.74, 6) is 1.23. The predicted octanol–water partition coefficient (Wildman–Crippen LogP) is 2.53. The van der Waals surface area contributed by atoms with Crippen molar-refractivity contribution in [2.75, 3.05) is 25.1 Å². The van der Waals surface area contributed by atoms with Crippen molar-refractivity contribution in [1.82, 2.24) is 9.97 Å². The van der Waals surface area contributed by atoms with E-state index in [1.165, 1.54) is 6.33 Å². The summed E-state index contributed by atoms with van der Waals surface area (Å²) in [6.07, 6.45) is 1.45. The molecule has 0 N–H and O–H groups in total. The Balaban J connectivity index is 2.39. The lowest BCUT2D eigenvalue weighted by molar-refractivity contribution is -0.133. The molecule has 1 fully saturated rings. The minimum Gasteiger partial charge on any atom is -0.490 e. The Kier molecular flexibility index (Phi) is 3.62. The molecule has 6 heteroatoms. The van der Waals surface area contributed by atoms with Crippen LogP contribution in [0.15, 0.2) is 6.33 Å². The van der Waals surface area contributed by atoms with Gasteiger partial charge < -0.3 is 14.4 Å². The molecular formula is C13H20ClN3O2. The van der Waals surface area contributed by atoms with Crippen molar-refractivity contribution >= 4 is 17.4 Å². The van der Waals surface area contributed by atoms with Crippen molar-refractivity contribution in [3.05, 3.63) is 11.5 Å². The topological polar surface area (TPSA) is 47.5 Å². The average molecular weight is 286 g/mol. The van der Waals surface area contributed by atoms with Gasteiger partial charge in [-0.3, -0.25) is 0 Å². The van der Waals surface area contributed by atoms with Gasteiger partial charge in [0.1, 0.15) is 6.33 Å². The molecule has 1 aromatic rings. The molecule has 1 aliphatic heterocycles. The van der Waals surface area contributed by atoms with Crippen molar-refractivity contribution in [2.24, 2.45) is 0 Å². The molecule has 5 nitrogen and oxygen atoms in total. The van der Waals surface area contributed by atoms with Gasteiger partial charge in [-0.25, -0.2) is 9.97 Å². The highest BCUT2D eigenvalue weighted by Gasteiger charge is 2.39. The highest BCUT2D eigenvalue weighted by molar-refractivity contribution is 6.31. The van der Waals surface area contributed by atoms with Gasteiger partial charge in [0.05, 0.1) is 18.3 Å². The first-order chi connectivity index (χ1) is 8.74. The van der Waals surface area contributed by atoms with E-state index in [9.17, 15) is 0 Å². The lowest BCUT2D eigenvalue weighted by atomic mass is 9.99. The Morgan fingerprint density at radius 2 is 1.79 bits per heavy atom. The predicted molar refractivity (Wildman–Crippen MR) is 75.1 cm³/mol. The second-order valence-corrected chi connectivity index (χ2v) is 6.36. The molecule has 0 spiro atoms. The lowest BCUT2D eigenvalue weighted by Crippen LogP contribution is -2.57. The second-order valence-electron chi connectivity index (χ2n) is 6.00. The molecule has 0 unspecified atom stereocenters. The highest BCUT2D eigenvalue weighted by atomic mass is 35.5. The summed E-state index contributed by atoms with van der Waals surface area (Å²) in [6, 6.07) is 0. The molecule has 1 saturated heterocycles. The molecular weight excluding hydrogens is 266 g/mol. The maximum atomic E-state index is 6.06. The third-order valence-electron chi connectivity index (χ3n) is 2.94. The monoisotopic (exact) mass is 285 g/mol. The minimum atomic E-state index is -0.260. The van der Waals surface area contributed by atoms with Crippen LogP contribution < -0.4 is 9.64 Å². The lowest BCUT2D eigenvalue weighted by Gasteiger charge is -2.47. The van der Waals surface area contributed by atoms with Gasteiger partial charge in [-0.05, 0) is 27.7 Å². The van der Waals surface area contributed by atoms with Gasteiger partial charge in [-0.15, -0.1) is 0 Å². The summed E-state index contributed by atoms with van der Waals surface area (Å²) in [5, 5.41) is 0.328. The van der Waals surface area contributed by atoms with Crippen LogP contribution in [0.3, 0.4) is 0 Å². The summed E-state index contributed by atoms with van der Waals surface area (Å²) in [6.45, 7) is 9.71. The highest BCUT2D eigenvalue weighted by Crippen LogP contribution is 2.36. The number of rotatable bonds is 2. The van der Waals surface area contributed by atoms with Gasteiger partial charge in [0.25, 0.3) is 0 Å². The zero-order valence-corrected chi connectivity index (χ0v) is 12.8. The SMILES string of the molecule is COc1c(Cl)ncnc1N1CC(C)(C)OC(C)(C)C1. The van der Waals surface area contributed by atoms with E-state index < -0.39 is 0 Å². The number of morpholine rings is 1. The maximum Gasteiger partial charge on any atom is 0.199 e. The number of nitrogens with zero attached hydrogens (tertiary/aromatic N) is 3. The molecule has 0 atom stereocenters. The normalized spacial score (nSPS) is 21.3. The van der Waals surface area contributed by atoms with Crippen molar-refractivity contribution in [1.29, 1.82) is 0 Å². The Hall–Kier alpha value is -1.07. The zero-order valence-electron chi connectivity index (χ0n) is 12.0. The van der Waals surface area contributed by atoms with E-state index in [-0.39, 0.29) is 11.2 Å². The van der Waals surface area contributed by atoms with E-state index in [0.717, 1.165) is 13.1 Å². The quantitative estimate of drug-likeness (QED) is 0.782. The number of hydrogen-bond donors (Lipinski definition) is 0. The van der Waals surface area contributed by atoms with Crippen LogP contribution in [0, 0.1) is 0 Å². The molecule has 2 rings (SSSR count). The van der Waals surface area contributed by atoms with Gasteiger partial charge in [0.2, 0.25) is 0 Å². The largest absolute Gasteiger partial charge is 0.490 e. The van der Waals surface area contributed by atoms with Crippen LogP contribution >= 0.6 is 11.6 Å². The fourth-order valence-electron chi connectivity index (χ4n) is 2.68. The Bertz CT molecular complexity index is 461. The van der Waals surface area contributed by atoms with Crippen molar-refractivity contribution in [3.63, 3.8) is 0 Å².